The quantitative estimate of drug-likeness (QED) is 0.929. The van der Waals surface area contributed by atoms with Crippen LogP contribution in [0.15, 0.2) is 30.3 Å². The lowest BCUT2D eigenvalue weighted by Gasteiger charge is -2.26. The lowest BCUT2D eigenvalue weighted by molar-refractivity contribution is 0.183. The minimum Gasteiger partial charge on any atom is -0.508 e. The highest BCUT2D eigenvalue weighted by Gasteiger charge is 2.13. The normalized spacial score (nSPS) is 16.2. The van der Waals surface area contributed by atoms with Gasteiger partial charge in [0.25, 0.3) is 0 Å². The number of nitrogens with zero attached hydrogens (tertiary/aromatic N) is 1. The Labute approximate surface area is 126 Å². The maximum Gasteiger partial charge on any atom is 0.133 e. The molecule has 1 N–H and O–H groups in total. The summed E-state index contributed by atoms with van der Waals surface area (Å²) in [7, 11) is 0. The molecule has 0 spiro atoms. The molecule has 112 valence electrons. The first-order chi connectivity index (χ1) is 10.3. The number of hydrogen-bond donors (Lipinski definition) is 1. The number of rotatable bonds is 4. The summed E-state index contributed by atoms with van der Waals surface area (Å²) < 4.78 is 6.03. The molecule has 2 aromatic rings. The van der Waals surface area contributed by atoms with Crippen molar-refractivity contribution in [3.05, 3.63) is 35.9 Å². The van der Waals surface area contributed by atoms with Crippen LogP contribution in [0.5, 0.6) is 11.5 Å². The van der Waals surface area contributed by atoms with Gasteiger partial charge in [-0.25, -0.2) is 0 Å². The van der Waals surface area contributed by atoms with E-state index in [-0.39, 0.29) is 0 Å². The number of hydrogen-bond acceptors (Lipinski definition) is 3. The van der Waals surface area contributed by atoms with E-state index in [1.807, 2.05) is 31.2 Å². The summed E-state index contributed by atoms with van der Waals surface area (Å²) in [6.07, 6.45) is 3.95. The number of benzene rings is 2. The van der Waals surface area contributed by atoms with Gasteiger partial charge in [-0.15, -0.1) is 0 Å². The second-order valence-electron chi connectivity index (χ2n) is 5.82. The predicted molar refractivity (Wildman–Crippen MR) is 86.1 cm³/mol. The molecular formula is C18H23NO2. The smallest absolute Gasteiger partial charge is 0.133 e. The van der Waals surface area contributed by atoms with E-state index in [1.54, 1.807) is 0 Å². The maximum absolute atomic E-state index is 10.1. The second-order valence-corrected chi connectivity index (χ2v) is 5.82. The fourth-order valence-corrected chi connectivity index (χ4v) is 3.05. The summed E-state index contributed by atoms with van der Waals surface area (Å²) in [5.74, 6) is 1.13. The molecule has 3 rings (SSSR count). The van der Waals surface area contributed by atoms with Crippen LogP contribution in [-0.2, 0) is 0 Å². The molecule has 0 radical (unpaired) electrons. The Morgan fingerprint density at radius 3 is 2.71 bits per heavy atom. The fraction of sp³-hybridized carbons (Fsp3) is 0.444. The van der Waals surface area contributed by atoms with Crippen LogP contribution >= 0.6 is 0 Å². The van der Waals surface area contributed by atoms with E-state index in [1.165, 1.54) is 32.4 Å². The van der Waals surface area contributed by atoms with Crippen molar-refractivity contribution in [2.75, 3.05) is 26.2 Å². The number of piperidine rings is 1. The van der Waals surface area contributed by atoms with Gasteiger partial charge in [-0.2, -0.15) is 0 Å². The molecule has 0 aliphatic carbocycles. The van der Waals surface area contributed by atoms with E-state index in [9.17, 15) is 5.11 Å². The van der Waals surface area contributed by atoms with E-state index in [2.05, 4.69) is 11.0 Å². The first kappa shape index (κ1) is 14.2. The third-order valence-electron chi connectivity index (χ3n) is 4.33. The number of likely N-dealkylation sites (tertiary alicyclic amines) is 1. The molecule has 21 heavy (non-hydrogen) atoms. The molecule has 0 unspecified atom stereocenters. The minimum atomic E-state index is 0.307. The first-order valence-corrected chi connectivity index (χ1v) is 7.82. The zero-order valence-corrected chi connectivity index (χ0v) is 12.6. The molecule has 3 heteroatoms. The second kappa shape index (κ2) is 6.35. The number of phenolic OH excluding ortho intramolecular Hbond substituents is 1. The van der Waals surface area contributed by atoms with Gasteiger partial charge in [0.15, 0.2) is 0 Å². The van der Waals surface area contributed by atoms with E-state index >= 15 is 0 Å². The van der Waals surface area contributed by atoms with Crippen molar-refractivity contribution in [2.24, 2.45) is 0 Å². The van der Waals surface area contributed by atoms with E-state index in [4.69, 9.17) is 4.74 Å². The summed E-state index contributed by atoms with van der Waals surface area (Å²) >= 11 is 0. The highest BCUT2D eigenvalue weighted by atomic mass is 16.5. The monoisotopic (exact) mass is 285 g/mol. The molecule has 1 heterocycles. The van der Waals surface area contributed by atoms with Crippen LogP contribution in [0.2, 0.25) is 0 Å². The molecule has 0 amide bonds. The molecule has 2 aromatic carbocycles. The van der Waals surface area contributed by atoms with Gasteiger partial charge >= 0.3 is 0 Å². The largest absolute Gasteiger partial charge is 0.508 e. The van der Waals surface area contributed by atoms with Crippen molar-refractivity contribution in [2.45, 2.75) is 26.2 Å². The molecule has 0 bridgehead atoms. The predicted octanol–water partition coefficient (Wildman–Crippen LogP) is 3.72. The highest BCUT2D eigenvalue weighted by Crippen LogP contribution is 2.35. The van der Waals surface area contributed by atoms with Crippen LogP contribution in [-0.4, -0.2) is 36.2 Å². The van der Waals surface area contributed by atoms with Crippen LogP contribution in [0.25, 0.3) is 10.8 Å². The minimum absolute atomic E-state index is 0.307. The molecule has 0 aromatic heterocycles. The summed E-state index contributed by atoms with van der Waals surface area (Å²) in [5.41, 5.74) is 0.826. The summed E-state index contributed by atoms with van der Waals surface area (Å²) in [6, 6.07) is 9.86. The zero-order chi connectivity index (χ0) is 14.7. The molecule has 1 aliphatic rings. The van der Waals surface area contributed by atoms with Gasteiger partial charge in [0.1, 0.15) is 18.1 Å². The van der Waals surface area contributed by atoms with Crippen LogP contribution < -0.4 is 4.74 Å². The van der Waals surface area contributed by atoms with Crippen LogP contribution in [0.3, 0.4) is 0 Å². The summed E-state index contributed by atoms with van der Waals surface area (Å²) in [5, 5.41) is 12.2. The van der Waals surface area contributed by atoms with Crippen LogP contribution in [0.4, 0.5) is 0 Å². The van der Waals surface area contributed by atoms with Gasteiger partial charge in [0.2, 0.25) is 0 Å². The molecule has 3 nitrogen and oxygen atoms in total. The standard InChI is InChI=1S/C18H23NO2/c1-14-17(20)13-15-7-3-4-8-16(15)18(14)21-12-11-19-9-5-2-6-10-19/h3-4,7-8,13,20H,2,5-6,9-12H2,1H3. The average molecular weight is 285 g/mol. The summed E-state index contributed by atoms with van der Waals surface area (Å²) in [6.45, 7) is 5.92. The van der Waals surface area contributed by atoms with Crippen LogP contribution in [0.1, 0.15) is 24.8 Å². The Balaban J connectivity index is 1.74. The van der Waals surface area contributed by atoms with Gasteiger partial charge in [0, 0.05) is 17.5 Å². The Kier molecular flexibility index (Phi) is 4.30. The first-order valence-electron chi connectivity index (χ1n) is 7.82. The molecule has 1 saturated heterocycles. The molecule has 1 aliphatic heterocycles. The van der Waals surface area contributed by atoms with Gasteiger partial charge in [-0.1, -0.05) is 30.7 Å². The van der Waals surface area contributed by atoms with Crippen LogP contribution in [0, 0.1) is 6.92 Å². The van der Waals surface area contributed by atoms with Crippen molar-refractivity contribution in [3.8, 4) is 11.5 Å². The number of aromatic hydroxyl groups is 1. The molecular weight excluding hydrogens is 262 g/mol. The Hall–Kier alpha value is -1.74. The fourth-order valence-electron chi connectivity index (χ4n) is 3.05. The third kappa shape index (κ3) is 3.13. The summed E-state index contributed by atoms with van der Waals surface area (Å²) in [4.78, 5) is 2.46. The van der Waals surface area contributed by atoms with Gasteiger partial charge in [-0.3, -0.25) is 4.90 Å². The molecule has 1 fully saturated rings. The molecule has 0 atom stereocenters. The van der Waals surface area contributed by atoms with Crippen molar-refractivity contribution in [1.82, 2.24) is 4.90 Å². The Morgan fingerprint density at radius 2 is 1.90 bits per heavy atom. The SMILES string of the molecule is Cc1c(O)cc2ccccc2c1OCCN1CCCCC1. The topological polar surface area (TPSA) is 32.7 Å². The Bertz CT molecular complexity index is 618. The highest BCUT2D eigenvalue weighted by molar-refractivity contribution is 5.91. The maximum atomic E-state index is 10.1. The zero-order valence-electron chi connectivity index (χ0n) is 12.6. The van der Waals surface area contributed by atoms with E-state index < -0.39 is 0 Å². The number of ether oxygens (including phenoxy) is 1. The average Bonchev–Trinajstić information content (AvgIpc) is 2.52. The van der Waals surface area contributed by atoms with Crippen molar-refractivity contribution in [3.63, 3.8) is 0 Å². The van der Waals surface area contributed by atoms with Crippen molar-refractivity contribution < 1.29 is 9.84 Å². The number of phenols is 1. The van der Waals surface area contributed by atoms with E-state index in [0.717, 1.165) is 28.6 Å². The van der Waals surface area contributed by atoms with Gasteiger partial charge in [-0.05, 0) is 44.3 Å². The lowest BCUT2D eigenvalue weighted by atomic mass is 10.1. The van der Waals surface area contributed by atoms with Gasteiger partial charge < -0.3 is 9.84 Å². The van der Waals surface area contributed by atoms with Crippen molar-refractivity contribution in [1.29, 1.82) is 0 Å². The van der Waals surface area contributed by atoms with Gasteiger partial charge in [0.05, 0.1) is 0 Å². The van der Waals surface area contributed by atoms with E-state index in [0.29, 0.717) is 12.4 Å². The number of fused-ring (bicyclic) bond motifs is 1. The third-order valence-corrected chi connectivity index (χ3v) is 4.33. The van der Waals surface area contributed by atoms with Crippen molar-refractivity contribution >= 4 is 10.8 Å². The lowest BCUT2D eigenvalue weighted by Crippen LogP contribution is -2.33. The Morgan fingerprint density at radius 1 is 1.14 bits per heavy atom. The molecule has 0 saturated carbocycles.